The Balaban J connectivity index is 1.71. The van der Waals surface area contributed by atoms with Crippen LogP contribution in [-0.4, -0.2) is 60.8 Å². The molecule has 0 unspecified atom stereocenters. The lowest BCUT2D eigenvalue weighted by atomic mass is 10.2. The second-order valence-corrected chi connectivity index (χ2v) is 7.36. The standard InChI is InChI=1S/C18H28N4O4/c1-18(2,3)26-17(23)19-9-6-10-20-11-13-21(14-12-20)15-7-4-5-8-16(15)22(24)25/h4-5,7-8H,6,9-14H2,1-3H3,(H,19,23). The predicted octanol–water partition coefficient (Wildman–Crippen LogP) is 2.63. The number of carbonyl (C=O) groups is 1. The summed E-state index contributed by atoms with van der Waals surface area (Å²) in [5, 5.41) is 13.9. The largest absolute Gasteiger partial charge is 0.444 e. The number of nitrogens with one attached hydrogen (secondary N) is 1. The van der Waals surface area contributed by atoms with Crippen molar-refractivity contribution in [2.45, 2.75) is 32.8 Å². The fourth-order valence-corrected chi connectivity index (χ4v) is 2.91. The predicted molar refractivity (Wildman–Crippen MR) is 101 cm³/mol. The quantitative estimate of drug-likeness (QED) is 0.474. The molecule has 1 aliphatic heterocycles. The van der Waals surface area contributed by atoms with Gasteiger partial charge in [0.15, 0.2) is 0 Å². The van der Waals surface area contributed by atoms with Crippen LogP contribution in [0, 0.1) is 10.1 Å². The lowest BCUT2D eigenvalue weighted by Gasteiger charge is -2.35. The summed E-state index contributed by atoms with van der Waals surface area (Å²) in [6.07, 6.45) is 0.448. The molecule has 1 aromatic rings. The number of amides is 1. The number of para-hydroxylation sites is 2. The zero-order valence-electron chi connectivity index (χ0n) is 15.7. The average Bonchev–Trinajstić information content (AvgIpc) is 2.58. The number of nitrogens with zero attached hydrogens (tertiary/aromatic N) is 3. The van der Waals surface area contributed by atoms with Gasteiger partial charge in [0.05, 0.1) is 4.92 Å². The Kier molecular flexibility index (Phi) is 6.79. The van der Waals surface area contributed by atoms with Crippen LogP contribution < -0.4 is 10.2 Å². The highest BCUT2D eigenvalue weighted by Gasteiger charge is 2.23. The van der Waals surface area contributed by atoms with E-state index in [-0.39, 0.29) is 10.6 Å². The number of nitro groups is 1. The molecule has 1 saturated heterocycles. The van der Waals surface area contributed by atoms with E-state index in [1.807, 2.05) is 26.8 Å². The van der Waals surface area contributed by atoms with Crippen LogP contribution in [0.1, 0.15) is 27.2 Å². The number of nitro benzene ring substituents is 1. The van der Waals surface area contributed by atoms with Gasteiger partial charge in [0.2, 0.25) is 0 Å². The van der Waals surface area contributed by atoms with Gasteiger partial charge < -0.3 is 15.0 Å². The molecule has 0 saturated carbocycles. The third-order valence-electron chi connectivity index (χ3n) is 4.11. The minimum atomic E-state index is -0.486. The molecule has 1 amide bonds. The summed E-state index contributed by atoms with van der Waals surface area (Å²) in [5.74, 6) is 0. The first kappa shape index (κ1) is 20.0. The molecule has 1 aliphatic rings. The van der Waals surface area contributed by atoms with Gasteiger partial charge in [0.25, 0.3) is 5.69 Å². The fraction of sp³-hybridized carbons (Fsp3) is 0.611. The molecule has 0 aromatic heterocycles. The second kappa shape index (κ2) is 8.84. The van der Waals surface area contributed by atoms with Gasteiger partial charge in [-0.05, 0) is 39.8 Å². The van der Waals surface area contributed by atoms with Crippen molar-refractivity contribution in [1.29, 1.82) is 0 Å². The molecule has 2 rings (SSSR count). The van der Waals surface area contributed by atoms with Gasteiger partial charge in [-0.3, -0.25) is 15.0 Å². The zero-order valence-corrected chi connectivity index (χ0v) is 15.7. The molecule has 26 heavy (non-hydrogen) atoms. The van der Waals surface area contributed by atoms with Gasteiger partial charge in [-0.2, -0.15) is 0 Å². The highest BCUT2D eigenvalue weighted by molar-refractivity contribution is 5.67. The summed E-state index contributed by atoms with van der Waals surface area (Å²) < 4.78 is 5.20. The fourth-order valence-electron chi connectivity index (χ4n) is 2.91. The third kappa shape index (κ3) is 6.18. The van der Waals surface area contributed by atoms with Gasteiger partial charge in [-0.1, -0.05) is 12.1 Å². The number of hydrogen-bond donors (Lipinski definition) is 1. The van der Waals surface area contributed by atoms with Gasteiger partial charge in [0, 0.05) is 38.8 Å². The Labute approximate surface area is 154 Å². The summed E-state index contributed by atoms with van der Waals surface area (Å²) >= 11 is 0. The zero-order chi connectivity index (χ0) is 19.2. The first-order valence-corrected chi connectivity index (χ1v) is 8.94. The van der Waals surface area contributed by atoms with Crippen molar-refractivity contribution >= 4 is 17.5 Å². The normalized spacial score (nSPS) is 15.6. The van der Waals surface area contributed by atoms with Crippen molar-refractivity contribution in [3.63, 3.8) is 0 Å². The van der Waals surface area contributed by atoms with Crippen LogP contribution in [-0.2, 0) is 4.74 Å². The van der Waals surface area contributed by atoms with E-state index < -0.39 is 11.7 Å². The van der Waals surface area contributed by atoms with Gasteiger partial charge in [-0.25, -0.2) is 4.79 Å². The highest BCUT2D eigenvalue weighted by atomic mass is 16.6. The summed E-state index contributed by atoms with van der Waals surface area (Å²) in [5.41, 5.74) is 0.353. The summed E-state index contributed by atoms with van der Waals surface area (Å²) in [6.45, 7) is 10.2. The van der Waals surface area contributed by atoms with Crippen LogP contribution in [0.15, 0.2) is 24.3 Å². The van der Waals surface area contributed by atoms with Gasteiger partial charge >= 0.3 is 6.09 Å². The van der Waals surface area contributed by atoms with Crippen LogP contribution in [0.2, 0.25) is 0 Å². The first-order valence-electron chi connectivity index (χ1n) is 8.94. The summed E-state index contributed by atoms with van der Waals surface area (Å²) in [6, 6.07) is 6.87. The SMILES string of the molecule is CC(C)(C)OC(=O)NCCCN1CCN(c2ccccc2[N+](=O)[O-])CC1. The van der Waals surface area contributed by atoms with E-state index in [9.17, 15) is 14.9 Å². The Morgan fingerprint density at radius 3 is 2.50 bits per heavy atom. The Bertz CT molecular complexity index is 622. The smallest absolute Gasteiger partial charge is 0.407 e. The van der Waals surface area contributed by atoms with Crippen LogP contribution in [0.3, 0.4) is 0 Å². The Morgan fingerprint density at radius 1 is 1.23 bits per heavy atom. The van der Waals surface area contributed by atoms with E-state index in [0.717, 1.165) is 39.1 Å². The topological polar surface area (TPSA) is 88.0 Å². The number of carbonyl (C=O) groups excluding carboxylic acids is 1. The highest BCUT2D eigenvalue weighted by Crippen LogP contribution is 2.28. The third-order valence-corrected chi connectivity index (χ3v) is 4.11. The lowest BCUT2D eigenvalue weighted by molar-refractivity contribution is -0.384. The minimum absolute atomic E-state index is 0.155. The summed E-state index contributed by atoms with van der Waals surface area (Å²) in [7, 11) is 0. The van der Waals surface area contributed by atoms with Crippen molar-refractivity contribution in [3.8, 4) is 0 Å². The van der Waals surface area contributed by atoms with Crippen molar-refractivity contribution in [1.82, 2.24) is 10.2 Å². The number of ether oxygens (including phenoxy) is 1. The van der Waals surface area contributed by atoms with E-state index in [0.29, 0.717) is 12.2 Å². The van der Waals surface area contributed by atoms with Crippen molar-refractivity contribution < 1.29 is 14.5 Å². The molecule has 1 N–H and O–H groups in total. The van der Waals surface area contributed by atoms with Crippen LogP contribution >= 0.6 is 0 Å². The molecule has 1 aromatic carbocycles. The van der Waals surface area contributed by atoms with Crippen LogP contribution in [0.25, 0.3) is 0 Å². The van der Waals surface area contributed by atoms with E-state index in [1.54, 1.807) is 18.2 Å². The molecule has 1 heterocycles. The van der Waals surface area contributed by atoms with Gasteiger partial charge in [-0.15, -0.1) is 0 Å². The van der Waals surface area contributed by atoms with Crippen LogP contribution in [0.5, 0.6) is 0 Å². The molecule has 144 valence electrons. The molecule has 0 bridgehead atoms. The number of piperazine rings is 1. The van der Waals surface area contributed by atoms with E-state index in [4.69, 9.17) is 4.74 Å². The maximum Gasteiger partial charge on any atom is 0.407 e. The van der Waals surface area contributed by atoms with Crippen molar-refractivity contribution in [3.05, 3.63) is 34.4 Å². The monoisotopic (exact) mass is 364 g/mol. The number of benzene rings is 1. The van der Waals surface area contributed by atoms with Crippen LogP contribution in [0.4, 0.5) is 16.2 Å². The minimum Gasteiger partial charge on any atom is -0.444 e. The maximum absolute atomic E-state index is 11.6. The number of hydrogen-bond acceptors (Lipinski definition) is 6. The molecule has 0 spiro atoms. The number of rotatable bonds is 6. The second-order valence-electron chi connectivity index (χ2n) is 7.36. The average molecular weight is 364 g/mol. The molecule has 1 fully saturated rings. The van der Waals surface area contributed by atoms with E-state index in [2.05, 4.69) is 15.1 Å². The molecule has 0 aliphatic carbocycles. The molecule has 8 nitrogen and oxygen atoms in total. The Morgan fingerprint density at radius 2 is 1.88 bits per heavy atom. The first-order chi connectivity index (χ1) is 12.3. The van der Waals surface area contributed by atoms with Crippen molar-refractivity contribution in [2.24, 2.45) is 0 Å². The van der Waals surface area contributed by atoms with E-state index in [1.165, 1.54) is 0 Å². The number of anilines is 1. The maximum atomic E-state index is 11.6. The molecular weight excluding hydrogens is 336 g/mol. The van der Waals surface area contributed by atoms with Crippen molar-refractivity contribution in [2.75, 3.05) is 44.2 Å². The number of alkyl carbamates (subject to hydrolysis) is 1. The summed E-state index contributed by atoms with van der Waals surface area (Å²) in [4.78, 5) is 26.8. The molecule has 0 atom stereocenters. The van der Waals surface area contributed by atoms with E-state index >= 15 is 0 Å². The molecule has 8 heteroatoms. The van der Waals surface area contributed by atoms with Gasteiger partial charge in [0.1, 0.15) is 11.3 Å². The molecule has 0 radical (unpaired) electrons. The Hall–Kier alpha value is -2.35. The molecular formula is C18H28N4O4. The lowest BCUT2D eigenvalue weighted by Crippen LogP contribution is -2.47.